The normalized spacial score (nSPS) is 10.8. The van der Waals surface area contributed by atoms with Gasteiger partial charge in [0.15, 0.2) is 0 Å². The number of imidazole rings is 1. The molecule has 1 N–H and O–H groups in total. The molecule has 0 spiro atoms. The topological polar surface area (TPSA) is 50.9 Å². The fourth-order valence-electron chi connectivity index (χ4n) is 5.16. The van der Waals surface area contributed by atoms with Gasteiger partial charge in [-0.15, -0.1) is 29.8 Å². The molecule has 0 aliphatic carbocycles. The Kier molecular flexibility index (Phi) is 7.33. The quantitative estimate of drug-likeness (QED) is 0.182. The summed E-state index contributed by atoms with van der Waals surface area (Å²) in [7, 11) is 0. The van der Waals surface area contributed by atoms with Crippen molar-refractivity contribution >= 4 is 11.0 Å². The minimum absolute atomic E-state index is 0. The van der Waals surface area contributed by atoms with E-state index in [1.54, 1.807) is 12.3 Å². The molecule has 7 rings (SSSR count). The van der Waals surface area contributed by atoms with Crippen molar-refractivity contribution in [1.82, 2.24) is 14.5 Å². The maximum absolute atomic E-state index is 11.1. The standard InChI is InChI=1S/C36H24N3O.Pt/c40-34-21-20-26(25-11-3-1-4-12-25)24-31(34)36-38-35-30(17-10-19-33(35)39(36)29-15-5-2-6-16-29)27-13-9-14-28(23-27)32-18-7-8-22-37-32;/h1-22,24,40H;/q-1;. The number of fused-ring (bicyclic) bond motifs is 1. The van der Waals surface area contributed by atoms with Crippen LogP contribution in [-0.2, 0) is 21.1 Å². The molecule has 5 heteroatoms. The number of hydrogen-bond acceptors (Lipinski definition) is 3. The zero-order valence-electron chi connectivity index (χ0n) is 21.9. The first kappa shape index (κ1) is 26.4. The molecule has 0 saturated heterocycles. The Balaban J connectivity index is 0.00000302. The van der Waals surface area contributed by atoms with Crippen molar-refractivity contribution in [1.29, 1.82) is 0 Å². The van der Waals surface area contributed by atoms with Gasteiger partial charge in [-0.1, -0.05) is 90.0 Å². The summed E-state index contributed by atoms with van der Waals surface area (Å²) in [6.07, 6.45) is 1.79. The van der Waals surface area contributed by atoms with Crippen LogP contribution >= 0.6 is 0 Å². The summed E-state index contributed by atoms with van der Waals surface area (Å²) in [5, 5.41) is 11.1. The van der Waals surface area contributed by atoms with Crippen LogP contribution in [0.3, 0.4) is 0 Å². The van der Waals surface area contributed by atoms with Gasteiger partial charge in [0.1, 0.15) is 11.6 Å². The number of rotatable bonds is 5. The molecule has 0 atom stereocenters. The molecule has 0 radical (unpaired) electrons. The molecule has 200 valence electrons. The molecule has 41 heavy (non-hydrogen) atoms. The molecule has 0 saturated carbocycles. The van der Waals surface area contributed by atoms with Crippen molar-refractivity contribution in [3.8, 4) is 56.3 Å². The Morgan fingerprint density at radius 1 is 0.610 bits per heavy atom. The van der Waals surface area contributed by atoms with Crippen LogP contribution in [0.4, 0.5) is 0 Å². The van der Waals surface area contributed by atoms with Crippen LogP contribution in [0.2, 0.25) is 0 Å². The van der Waals surface area contributed by atoms with E-state index in [2.05, 4.69) is 58.1 Å². The van der Waals surface area contributed by atoms with Crippen LogP contribution in [0.5, 0.6) is 5.75 Å². The second kappa shape index (κ2) is 11.4. The van der Waals surface area contributed by atoms with Crippen LogP contribution in [0.15, 0.2) is 140 Å². The van der Waals surface area contributed by atoms with E-state index in [9.17, 15) is 5.11 Å². The SMILES string of the molecule is Oc1ccc(-c2ccccc2)cc1-c1nc2c(-c3[c-]c(-c4ccccn4)ccc3)cccc2n1-c1ccccc1.[Pt]. The van der Waals surface area contributed by atoms with Crippen molar-refractivity contribution in [2.75, 3.05) is 0 Å². The number of aromatic hydroxyl groups is 1. The third kappa shape index (κ3) is 4.99. The van der Waals surface area contributed by atoms with Crippen LogP contribution in [0.1, 0.15) is 0 Å². The second-order valence-electron chi connectivity index (χ2n) is 9.57. The van der Waals surface area contributed by atoms with Crippen molar-refractivity contribution < 1.29 is 26.2 Å². The number of nitrogens with zero attached hydrogens (tertiary/aromatic N) is 3. The Morgan fingerprint density at radius 3 is 2.12 bits per heavy atom. The predicted octanol–water partition coefficient (Wildman–Crippen LogP) is 8.59. The molecule has 0 amide bonds. The van der Waals surface area contributed by atoms with Gasteiger partial charge in [0.2, 0.25) is 0 Å². The number of benzene rings is 5. The van der Waals surface area contributed by atoms with Crippen molar-refractivity contribution in [3.63, 3.8) is 0 Å². The van der Waals surface area contributed by atoms with E-state index in [-0.39, 0.29) is 26.8 Å². The first-order valence-electron chi connectivity index (χ1n) is 13.2. The van der Waals surface area contributed by atoms with Crippen LogP contribution in [0.25, 0.3) is 61.6 Å². The average Bonchev–Trinajstić information content (AvgIpc) is 3.42. The van der Waals surface area contributed by atoms with Gasteiger partial charge >= 0.3 is 0 Å². The minimum atomic E-state index is 0. The number of pyridine rings is 1. The summed E-state index contributed by atoms with van der Waals surface area (Å²) in [4.78, 5) is 9.71. The molecule has 7 aromatic rings. The molecule has 5 aromatic carbocycles. The Bertz CT molecular complexity index is 1950. The molecular formula is C36H24N3OPt-. The number of phenolic OH excluding ortho intramolecular Hbond substituents is 1. The van der Waals surface area contributed by atoms with E-state index in [1.165, 1.54) is 0 Å². The molecule has 0 aliphatic rings. The maximum Gasteiger partial charge on any atom is 0.148 e. The molecular weight excluding hydrogens is 685 g/mol. The molecule has 2 heterocycles. The fourth-order valence-corrected chi connectivity index (χ4v) is 5.16. The third-order valence-electron chi connectivity index (χ3n) is 7.07. The number of para-hydroxylation sites is 2. The van der Waals surface area contributed by atoms with Crippen LogP contribution in [-0.4, -0.2) is 19.6 Å². The van der Waals surface area contributed by atoms with Gasteiger partial charge in [0, 0.05) is 38.6 Å². The van der Waals surface area contributed by atoms with E-state index >= 15 is 0 Å². The second-order valence-corrected chi connectivity index (χ2v) is 9.57. The minimum Gasteiger partial charge on any atom is -0.507 e. The van der Waals surface area contributed by atoms with Crippen molar-refractivity contribution in [2.24, 2.45) is 0 Å². The fraction of sp³-hybridized carbons (Fsp3) is 0. The predicted molar refractivity (Wildman–Crippen MR) is 161 cm³/mol. The summed E-state index contributed by atoms with van der Waals surface area (Å²) >= 11 is 0. The number of phenols is 1. The Morgan fingerprint density at radius 2 is 1.34 bits per heavy atom. The molecule has 4 nitrogen and oxygen atoms in total. The van der Waals surface area contributed by atoms with Gasteiger partial charge in [0.25, 0.3) is 0 Å². The van der Waals surface area contributed by atoms with E-state index < -0.39 is 0 Å². The van der Waals surface area contributed by atoms with Crippen LogP contribution in [0, 0.1) is 6.07 Å². The average molecular weight is 710 g/mol. The first-order valence-corrected chi connectivity index (χ1v) is 13.2. The largest absolute Gasteiger partial charge is 0.507 e. The van der Waals surface area contributed by atoms with E-state index in [0.29, 0.717) is 11.4 Å². The smallest absolute Gasteiger partial charge is 0.148 e. The third-order valence-corrected chi connectivity index (χ3v) is 7.07. The first-order chi connectivity index (χ1) is 19.8. The summed E-state index contributed by atoms with van der Waals surface area (Å²) in [5.74, 6) is 0.849. The molecule has 0 aliphatic heterocycles. The maximum atomic E-state index is 11.1. The zero-order chi connectivity index (χ0) is 26.9. The Labute approximate surface area is 252 Å². The summed E-state index contributed by atoms with van der Waals surface area (Å²) < 4.78 is 2.12. The van der Waals surface area contributed by atoms with Gasteiger partial charge in [-0.3, -0.25) is 9.55 Å². The van der Waals surface area contributed by atoms with E-state index in [1.807, 2.05) is 84.9 Å². The van der Waals surface area contributed by atoms with Gasteiger partial charge in [-0.25, -0.2) is 4.98 Å². The number of aromatic nitrogens is 3. The molecule has 2 aromatic heterocycles. The van der Waals surface area contributed by atoms with E-state index in [0.717, 1.165) is 50.2 Å². The molecule has 0 fully saturated rings. The van der Waals surface area contributed by atoms with Gasteiger partial charge in [-0.2, -0.15) is 0 Å². The van der Waals surface area contributed by atoms with Crippen molar-refractivity contribution in [3.05, 3.63) is 146 Å². The molecule has 0 unspecified atom stereocenters. The molecule has 0 bridgehead atoms. The van der Waals surface area contributed by atoms with Gasteiger partial charge < -0.3 is 5.11 Å². The number of hydrogen-bond donors (Lipinski definition) is 1. The monoisotopic (exact) mass is 709 g/mol. The van der Waals surface area contributed by atoms with Gasteiger partial charge in [-0.05, 0) is 47.5 Å². The zero-order valence-corrected chi connectivity index (χ0v) is 24.2. The summed E-state index contributed by atoms with van der Waals surface area (Å²) in [6, 6.07) is 47.7. The van der Waals surface area contributed by atoms with Crippen LogP contribution < -0.4 is 0 Å². The Hall–Kier alpha value is -4.79. The summed E-state index contributed by atoms with van der Waals surface area (Å²) in [5.41, 5.74) is 9.18. The van der Waals surface area contributed by atoms with Crippen molar-refractivity contribution in [2.45, 2.75) is 0 Å². The van der Waals surface area contributed by atoms with E-state index in [4.69, 9.17) is 4.98 Å². The summed E-state index contributed by atoms with van der Waals surface area (Å²) in [6.45, 7) is 0. The van der Waals surface area contributed by atoms with Gasteiger partial charge in [0.05, 0.1) is 16.6 Å².